The third-order valence-corrected chi connectivity index (χ3v) is 3.88. The molecule has 0 spiro atoms. The SMILES string of the molecule is CCN(CC)CCOCCNC(=O)/C=C(\C)c1ccc(OC)cc1. The van der Waals surface area contributed by atoms with Crippen LogP contribution < -0.4 is 10.1 Å². The van der Waals surface area contributed by atoms with Crippen molar-refractivity contribution in [1.82, 2.24) is 10.2 Å². The maximum atomic E-state index is 11.9. The minimum absolute atomic E-state index is 0.101. The Morgan fingerprint density at radius 3 is 2.42 bits per heavy atom. The van der Waals surface area contributed by atoms with E-state index in [0.717, 1.165) is 36.5 Å². The fourth-order valence-corrected chi connectivity index (χ4v) is 2.27. The first kappa shape index (κ1) is 20.2. The van der Waals surface area contributed by atoms with Crippen LogP contribution in [0.1, 0.15) is 26.3 Å². The van der Waals surface area contributed by atoms with Crippen molar-refractivity contribution in [3.63, 3.8) is 0 Å². The summed E-state index contributed by atoms with van der Waals surface area (Å²) in [7, 11) is 1.63. The molecule has 0 bridgehead atoms. The zero-order chi connectivity index (χ0) is 17.8. The normalized spacial score (nSPS) is 11.6. The van der Waals surface area contributed by atoms with Gasteiger partial charge in [0.1, 0.15) is 5.75 Å². The van der Waals surface area contributed by atoms with Crippen molar-refractivity contribution < 1.29 is 14.3 Å². The molecule has 0 fully saturated rings. The van der Waals surface area contributed by atoms with Crippen molar-refractivity contribution >= 4 is 11.5 Å². The number of carbonyl (C=O) groups is 1. The number of ether oxygens (including phenoxy) is 2. The molecule has 0 saturated heterocycles. The van der Waals surface area contributed by atoms with Crippen LogP contribution in [0.15, 0.2) is 30.3 Å². The van der Waals surface area contributed by atoms with Crippen LogP contribution in [0.5, 0.6) is 5.75 Å². The van der Waals surface area contributed by atoms with Crippen LogP contribution in [0.25, 0.3) is 5.57 Å². The fraction of sp³-hybridized carbons (Fsp3) is 0.526. The fourth-order valence-electron chi connectivity index (χ4n) is 2.27. The van der Waals surface area contributed by atoms with Crippen LogP contribution in [0, 0.1) is 0 Å². The summed E-state index contributed by atoms with van der Waals surface area (Å²) >= 11 is 0. The molecule has 0 radical (unpaired) electrons. The van der Waals surface area contributed by atoms with Gasteiger partial charge in [0.15, 0.2) is 0 Å². The highest BCUT2D eigenvalue weighted by molar-refractivity contribution is 5.94. The molecule has 1 aromatic carbocycles. The van der Waals surface area contributed by atoms with Gasteiger partial charge in [-0.1, -0.05) is 26.0 Å². The minimum atomic E-state index is -0.101. The molecule has 134 valence electrons. The lowest BCUT2D eigenvalue weighted by Crippen LogP contribution is -2.29. The van der Waals surface area contributed by atoms with E-state index in [1.807, 2.05) is 31.2 Å². The molecular formula is C19H30N2O3. The Morgan fingerprint density at radius 1 is 1.17 bits per heavy atom. The maximum Gasteiger partial charge on any atom is 0.244 e. The molecule has 0 aliphatic carbocycles. The Balaban J connectivity index is 2.27. The Labute approximate surface area is 145 Å². The number of allylic oxidation sites excluding steroid dienone is 1. The Hall–Kier alpha value is -1.85. The average Bonchev–Trinajstić information content (AvgIpc) is 2.61. The smallest absolute Gasteiger partial charge is 0.244 e. The molecule has 1 aromatic rings. The topological polar surface area (TPSA) is 50.8 Å². The van der Waals surface area contributed by atoms with Gasteiger partial charge in [0.05, 0.1) is 20.3 Å². The molecule has 1 amide bonds. The van der Waals surface area contributed by atoms with E-state index < -0.39 is 0 Å². The van der Waals surface area contributed by atoms with Crippen molar-refractivity contribution in [2.75, 3.05) is 46.5 Å². The van der Waals surface area contributed by atoms with E-state index in [9.17, 15) is 4.79 Å². The van der Waals surface area contributed by atoms with Crippen LogP contribution in [0.4, 0.5) is 0 Å². The molecule has 0 unspecified atom stereocenters. The van der Waals surface area contributed by atoms with Crippen LogP contribution in [0.3, 0.4) is 0 Å². The van der Waals surface area contributed by atoms with E-state index in [-0.39, 0.29) is 5.91 Å². The summed E-state index contributed by atoms with van der Waals surface area (Å²) in [6, 6.07) is 7.64. The monoisotopic (exact) mass is 334 g/mol. The Bertz CT molecular complexity index is 508. The van der Waals surface area contributed by atoms with Crippen LogP contribution in [-0.4, -0.2) is 57.3 Å². The van der Waals surface area contributed by atoms with Gasteiger partial charge in [0.2, 0.25) is 5.91 Å². The number of carbonyl (C=O) groups excluding carboxylic acids is 1. The summed E-state index contributed by atoms with van der Waals surface area (Å²) in [5.41, 5.74) is 1.92. The summed E-state index contributed by atoms with van der Waals surface area (Å²) in [4.78, 5) is 14.2. The van der Waals surface area contributed by atoms with E-state index in [0.29, 0.717) is 19.8 Å². The lowest BCUT2D eigenvalue weighted by Gasteiger charge is -2.17. The van der Waals surface area contributed by atoms with E-state index in [2.05, 4.69) is 24.1 Å². The quantitative estimate of drug-likeness (QED) is 0.499. The van der Waals surface area contributed by atoms with Crippen LogP contribution in [0.2, 0.25) is 0 Å². The van der Waals surface area contributed by atoms with Crippen LogP contribution in [-0.2, 0) is 9.53 Å². The molecule has 0 aromatic heterocycles. The van der Waals surface area contributed by atoms with Gasteiger partial charge in [-0.05, 0) is 43.3 Å². The highest BCUT2D eigenvalue weighted by Gasteiger charge is 2.02. The van der Waals surface area contributed by atoms with Crippen molar-refractivity contribution in [2.24, 2.45) is 0 Å². The molecule has 1 N–H and O–H groups in total. The summed E-state index contributed by atoms with van der Waals surface area (Å²) in [6.45, 7) is 10.9. The first-order chi connectivity index (χ1) is 11.6. The molecule has 5 heteroatoms. The number of rotatable bonds is 11. The van der Waals surface area contributed by atoms with Gasteiger partial charge >= 0.3 is 0 Å². The molecule has 0 atom stereocenters. The van der Waals surface area contributed by atoms with E-state index in [1.54, 1.807) is 13.2 Å². The highest BCUT2D eigenvalue weighted by Crippen LogP contribution is 2.17. The second-order valence-corrected chi connectivity index (χ2v) is 5.49. The van der Waals surface area contributed by atoms with Gasteiger partial charge in [0, 0.05) is 19.2 Å². The summed E-state index contributed by atoms with van der Waals surface area (Å²) in [5.74, 6) is 0.702. The number of amides is 1. The molecule has 0 saturated carbocycles. The van der Waals surface area contributed by atoms with Gasteiger partial charge in [-0.2, -0.15) is 0 Å². The molecule has 0 heterocycles. The zero-order valence-corrected chi connectivity index (χ0v) is 15.3. The van der Waals surface area contributed by atoms with E-state index in [4.69, 9.17) is 9.47 Å². The third-order valence-electron chi connectivity index (χ3n) is 3.88. The summed E-state index contributed by atoms with van der Waals surface area (Å²) in [5, 5.41) is 2.84. The van der Waals surface area contributed by atoms with Gasteiger partial charge in [0.25, 0.3) is 0 Å². The van der Waals surface area contributed by atoms with Gasteiger partial charge in [-0.3, -0.25) is 4.79 Å². The molecule has 0 aliphatic heterocycles. The lowest BCUT2D eigenvalue weighted by molar-refractivity contribution is -0.116. The third kappa shape index (κ3) is 7.62. The lowest BCUT2D eigenvalue weighted by atomic mass is 10.1. The largest absolute Gasteiger partial charge is 0.497 e. The van der Waals surface area contributed by atoms with Gasteiger partial charge < -0.3 is 19.7 Å². The number of benzene rings is 1. The van der Waals surface area contributed by atoms with Crippen molar-refractivity contribution in [3.05, 3.63) is 35.9 Å². The standard InChI is InChI=1S/C19H30N2O3/c1-5-21(6-2)12-14-24-13-11-20-19(22)15-16(3)17-7-9-18(23-4)10-8-17/h7-10,15H,5-6,11-14H2,1-4H3,(H,20,22)/b16-15+. The van der Waals surface area contributed by atoms with Crippen molar-refractivity contribution in [2.45, 2.75) is 20.8 Å². The predicted octanol–water partition coefficient (Wildman–Crippen LogP) is 2.57. The zero-order valence-electron chi connectivity index (χ0n) is 15.3. The molecule has 5 nitrogen and oxygen atoms in total. The molecular weight excluding hydrogens is 304 g/mol. The second kappa shape index (κ2) is 11.6. The van der Waals surface area contributed by atoms with Crippen molar-refractivity contribution in [3.8, 4) is 5.75 Å². The number of methoxy groups -OCH3 is 1. The van der Waals surface area contributed by atoms with E-state index in [1.165, 1.54) is 0 Å². The summed E-state index contributed by atoms with van der Waals surface area (Å²) in [6.07, 6.45) is 1.61. The number of hydrogen-bond donors (Lipinski definition) is 1. The number of nitrogens with zero attached hydrogens (tertiary/aromatic N) is 1. The second-order valence-electron chi connectivity index (χ2n) is 5.49. The average molecular weight is 334 g/mol. The van der Waals surface area contributed by atoms with Gasteiger partial charge in [-0.15, -0.1) is 0 Å². The predicted molar refractivity (Wildman–Crippen MR) is 98.3 cm³/mol. The minimum Gasteiger partial charge on any atom is -0.497 e. The number of hydrogen-bond acceptors (Lipinski definition) is 4. The molecule has 0 aliphatic rings. The van der Waals surface area contributed by atoms with Crippen molar-refractivity contribution in [1.29, 1.82) is 0 Å². The maximum absolute atomic E-state index is 11.9. The highest BCUT2D eigenvalue weighted by atomic mass is 16.5. The first-order valence-corrected chi connectivity index (χ1v) is 8.51. The first-order valence-electron chi connectivity index (χ1n) is 8.51. The van der Waals surface area contributed by atoms with Gasteiger partial charge in [-0.25, -0.2) is 0 Å². The Kier molecular flexibility index (Phi) is 9.80. The Morgan fingerprint density at radius 2 is 1.83 bits per heavy atom. The summed E-state index contributed by atoms with van der Waals surface area (Å²) < 4.78 is 10.7. The number of likely N-dealkylation sites (N-methyl/N-ethyl adjacent to an activating group) is 1. The number of nitrogens with one attached hydrogen (secondary N) is 1. The molecule has 24 heavy (non-hydrogen) atoms. The van der Waals surface area contributed by atoms with E-state index >= 15 is 0 Å². The molecule has 1 rings (SSSR count). The van der Waals surface area contributed by atoms with Crippen LogP contribution >= 0.6 is 0 Å².